The molecule has 3 aliphatic heterocycles. The number of piperidine rings is 2. The van der Waals surface area contributed by atoms with Crippen LogP contribution >= 0.6 is 0 Å². The van der Waals surface area contributed by atoms with Gasteiger partial charge >= 0.3 is 0 Å². The molecule has 1 aromatic heterocycles. The highest BCUT2D eigenvalue weighted by molar-refractivity contribution is 5.78. The van der Waals surface area contributed by atoms with Crippen LogP contribution in [0.4, 0.5) is 0 Å². The maximum Gasteiger partial charge on any atom is 0.223 e. The zero-order valence-electron chi connectivity index (χ0n) is 16.3. The van der Waals surface area contributed by atoms with Crippen LogP contribution in [0.2, 0.25) is 0 Å². The van der Waals surface area contributed by atoms with Gasteiger partial charge in [-0.2, -0.15) is 0 Å². The molecule has 3 aliphatic rings. The predicted octanol–water partition coefficient (Wildman–Crippen LogP) is 2.25. The van der Waals surface area contributed by atoms with E-state index in [1.54, 1.807) is 6.26 Å². The molecule has 4 heterocycles. The topological polar surface area (TPSA) is 58.0 Å². The molecular weight excluding hydrogens is 342 g/mol. The largest absolute Gasteiger partial charge is 0.472 e. The van der Waals surface area contributed by atoms with Crippen LogP contribution in [-0.2, 0) is 16.1 Å². The predicted molar refractivity (Wildman–Crippen MR) is 103 cm³/mol. The first-order chi connectivity index (χ1) is 13.3. The molecular formula is C21H33N3O3. The molecule has 1 unspecified atom stereocenters. The number of nitrogens with one attached hydrogen (secondary N) is 1. The second-order valence-electron chi connectivity index (χ2n) is 8.33. The molecule has 1 N–H and O–H groups in total. The van der Waals surface area contributed by atoms with Crippen molar-refractivity contribution in [2.45, 2.75) is 57.2 Å². The normalized spacial score (nSPS) is 26.4. The van der Waals surface area contributed by atoms with Crippen LogP contribution in [0.5, 0.6) is 0 Å². The Morgan fingerprint density at radius 3 is 2.59 bits per heavy atom. The van der Waals surface area contributed by atoms with Crippen molar-refractivity contribution in [2.75, 3.05) is 39.3 Å². The van der Waals surface area contributed by atoms with Gasteiger partial charge in [-0.25, -0.2) is 0 Å². The van der Waals surface area contributed by atoms with Gasteiger partial charge in [0, 0.05) is 37.2 Å². The summed E-state index contributed by atoms with van der Waals surface area (Å²) in [6.45, 7) is 6.95. The molecule has 3 saturated heterocycles. The summed E-state index contributed by atoms with van der Waals surface area (Å²) >= 11 is 0. The first-order valence-electron chi connectivity index (χ1n) is 10.6. The summed E-state index contributed by atoms with van der Waals surface area (Å²) in [6.07, 6.45) is 10.5. The monoisotopic (exact) mass is 375 g/mol. The van der Waals surface area contributed by atoms with Crippen LogP contribution in [0.3, 0.4) is 0 Å². The van der Waals surface area contributed by atoms with Gasteiger partial charge < -0.3 is 19.4 Å². The number of hydrogen-bond donors (Lipinski definition) is 1. The first kappa shape index (κ1) is 19.0. The van der Waals surface area contributed by atoms with Crippen molar-refractivity contribution >= 4 is 5.91 Å². The Labute approximate surface area is 162 Å². The minimum absolute atomic E-state index is 0.184. The van der Waals surface area contributed by atoms with E-state index in [0.29, 0.717) is 12.6 Å². The molecule has 0 saturated carbocycles. The zero-order valence-corrected chi connectivity index (χ0v) is 16.3. The lowest BCUT2D eigenvalue weighted by atomic mass is 9.92. The molecule has 0 bridgehead atoms. The summed E-state index contributed by atoms with van der Waals surface area (Å²) in [7, 11) is 0. The number of furan rings is 1. The van der Waals surface area contributed by atoms with E-state index in [9.17, 15) is 4.79 Å². The van der Waals surface area contributed by atoms with Gasteiger partial charge in [-0.15, -0.1) is 0 Å². The molecule has 6 heteroatoms. The van der Waals surface area contributed by atoms with Gasteiger partial charge in [0.25, 0.3) is 0 Å². The van der Waals surface area contributed by atoms with Crippen molar-refractivity contribution in [3.63, 3.8) is 0 Å². The van der Waals surface area contributed by atoms with Crippen LogP contribution in [0.1, 0.15) is 44.1 Å². The lowest BCUT2D eigenvalue weighted by molar-refractivity contribution is -0.127. The number of carbonyl (C=O) groups excluding carboxylic acids is 1. The molecule has 3 fully saturated rings. The summed E-state index contributed by atoms with van der Waals surface area (Å²) < 4.78 is 10.8. The van der Waals surface area contributed by atoms with E-state index in [0.717, 1.165) is 65.0 Å². The molecule has 1 amide bonds. The Hall–Kier alpha value is -1.37. The number of ether oxygens (including phenoxy) is 1. The summed E-state index contributed by atoms with van der Waals surface area (Å²) in [5.74, 6) is 0.420. The summed E-state index contributed by atoms with van der Waals surface area (Å²) in [5, 5.41) is 3.12. The molecule has 1 atom stereocenters. The molecule has 1 aromatic rings. The lowest BCUT2D eigenvalue weighted by Gasteiger charge is -2.41. The Bertz CT molecular complexity index is 570. The number of amides is 1. The summed E-state index contributed by atoms with van der Waals surface area (Å²) in [5.41, 5.74) is 1.27. The third kappa shape index (κ3) is 5.12. The van der Waals surface area contributed by atoms with Gasteiger partial charge in [-0.05, 0) is 70.8 Å². The molecule has 4 rings (SSSR count). The first-order valence-corrected chi connectivity index (χ1v) is 10.6. The molecule has 6 nitrogen and oxygen atoms in total. The molecule has 0 aliphatic carbocycles. The Balaban J connectivity index is 1.14. The number of carbonyl (C=O) groups is 1. The van der Waals surface area contributed by atoms with Crippen molar-refractivity contribution in [1.82, 2.24) is 15.1 Å². The van der Waals surface area contributed by atoms with E-state index in [4.69, 9.17) is 9.15 Å². The zero-order chi connectivity index (χ0) is 18.5. The van der Waals surface area contributed by atoms with Gasteiger partial charge in [0.1, 0.15) is 0 Å². The quantitative estimate of drug-likeness (QED) is 0.826. The van der Waals surface area contributed by atoms with Crippen molar-refractivity contribution in [3.05, 3.63) is 24.2 Å². The van der Waals surface area contributed by atoms with Crippen molar-refractivity contribution < 1.29 is 13.9 Å². The Kier molecular flexibility index (Phi) is 6.47. The van der Waals surface area contributed by atoms with Gasteiger partial charge in [-0.1, -0.05) is 0 Å². The average molecular weight is 376 g/mol. The van der Waals surface area contributed by atoms with Crippen LogP contribution in [-0.4, -0.2) is 67.2 Å². The van der Waals surface area contributed by atoms with E-state index < -0.39 is 0 Å². The Morgan fingerprint density at radius 1 is 1.11 bits per heavy atom. The molecule has 150 valence electrons. The van der Waals surface area contributed by atoms with E-state index in [-0.39, 0.29) is 17.9 Å². The Morgan fingerprint density at radius 2 is 1.93 bits per heavy atom. The highest BCUT2D eigenvalue weighted by Crippen LogP contribution is 2.25. The smallest absolute Gasteiger partial charge is 0.223 e. The lowest BCUT2D eigenvalue weighted by Crippen LogP contribution is -2.49. The number of likely N-dealkylation sites (tertiary alicyclic amines) is 2. The number of hydrogen-bond acceptors (Lipinski definition) is 5. The average Bonchev–Trinajstić information content (AvgIpc) is 3.41. The molecule has 0 aromatic carbocycles. The minimum atomic E-state index is 0.184. The standard InChI is InChI=1S/C21H33N3O3/c25-21(22-14-20-2-1-12-27-20)18-3-10-24(11-4-18)19-5-8-23(9-6-19)15-17-7-13-26-16-17/h7,13,16,18-20H,1-6,8-12,14-15H2,(H,22,25). The van der Waals surface area contributed by atoms with Gasteiger partial charge in [0.15, 0.2) is 0 Å². The molecule has 27 heavy (non-hydrogen) atoms. The van der Waals surface area contributed by atoms with Crippen LogP contribution < -0.4 is 5.32 Å². The third-order valence-electron chi connectivity index (χ3n) is 6.49. The van der Waals surface area contributed by atoms with E-state index >= 15 is 0 Å². The maximum absolute atomic E-state index is 12.4. The SMILES string of the molecule is O=C(NCC1CCCO1)C1CCN(C2CCN(Cc3ccoc3)CC2)CC1. The fraction of sp³-hybridized carbons (Fsp3) is 0.762. The van der Waals surface area contributed by atoms with Crippen LogP contribution in [0.25, 0.3) is 0 Å². The van der Waals surface area contributed by atoms with E-state index in [1.807, 2.05) is 6.26 Å². The number of nitrogens with zero attached hydrogens (tertiary/aromatic N) is 2. The summed E-state index contributed by atoms with van der Waals surface area (Å²) in [6, 6.07) is 2.74. The van der Waals surface area contributed by atoms with Crippen molar-refractivity contribution in [1.29, 1.82) is 0 Å². The van der Waals surface area contributed by atoms with Crippen molar-refractivity contribution in [3.8, 4) is 0 Å². The fourth-order valence-electron chi connectivity index (χ4n) is 4.77. The van der Waals surface area contributed by atoms with Crippen molar-refractivity contribution in [2.24, 2.45) is 5.92 Å². The molecule has 0 spiro atoms. The van der Waals surface area contributed by atoms with E-state index in [1.165, 1.54) is 18.4 Å². The second kappa shape index (κ2) is 9.22. The van der Waals surface area contributed by atoms with Crippen LogP contribution in [0.15, 0.2) is 23.0 Å². The van der Waals surface area contributed by atoms with Gasteiger partial charge in [-0.3, -0.25) is 9.69 Å². The third-order valence-corrected chi connectivity index (χ3v) is 6.49. The number of rotatable bonds is 6. The highest BCUT2D eigenvalue weighted by atomic mass is 16.5. The second-order valence-corrected chi connectivity index (χ2v) is 8.33. The van der Waals surface area contributed by atoms with Gasteiger partial charge in [0.05, 0.1) is 18.6 Å². The highest BCUT2D eigenvalue weighted by Gasteiger charge is 2.31. The fourth-order valence-corrected chi connectivity index (χ4v) is 4.77. The van der Waals surface area contributed by atoms with E-state index in [2.05, 4.69) is 21.2 Å². The van der Waals surface area contributed by atoms with Crippen LogP contribution in [0, 0.1) is 5.92 Å². The summed E-state index contributed by atoms with van der Waals surface area (Å²) in [4.78, 5) is 17.6. The minimum Gasteiger partial charge on any atom is -0.472 e. The maximum atomic E-state index is 12.4. The molecule has 0 radical (unpaired) electrons. The van der Waals surface area contributed by atoms with Gasteiger partial charge in [0.2, 0.25) is 5.91 Å².